The second-order valence-corrected chi connectivity index (χ2v) is 5.41. The third kappa shape index (κ3) is 5.20. The van der Waals surface area contributed by atoms with Gasteiger partial charge in [0, 0.05) is 6.54 Å². The highest BCUT2D eigenvalue weighted by Gasteiger charge is 2.12. The van der Waals surface area contributed by atoms with E-state index in [0.29, 0.717) is 12.5 Å². The molecule has 0 amide bonds. The van der Waals surface area contributed by atoms with Crippen molar-refractivity contribution < 1.29 is 13.9 Å². The first-order valence-corrected chi connectivity index (χ1v) is 7.54. The lowest BCUT2D eigenvalue weighted by molar-refractivity contribution is 0.0595. The first-order valence-electron chi connectivity index (χ1n) is 6.14. The molecule has 0 aliphatic carbocycles. The quantitative estimate of drug-likeness (QED) is 0.782. The lowest BCUT2D eigenvalue weighted by Crippen LogP contribution is -2.22. The average Bonchev–Trinajstić information content (AvgIpc) is 2.38. The van der Waals surface area contributed by atoms with E-state index in [0.717, 1.165) is 17.9 Å². The number of rotatable bonds is 7. The minimum Gasteiger partial charge on any atom is -0.465 e. The lowest BCUT2D eigenvalue weighted by atomic mass is 10.1. The molecule has 0 fully saturated rings. The molecule has 106 valence electrons. The Balaban J connectivity index is 2.52. The van der Waals surface area contributed by atoms with E-state index in [1.165, 1.54) is 19.2 Å². The van der Waals surface area contributed by atoms with E-state index in [4.69, 9.17) is 0 Å². The van der Waals surface area contributed by atoms with Gasteiger partial charge in [-0.15, -0.1) is 0 Å². The molecule has 3 nitrogen and oxygen atoms in total. The summed E-state index contributed by atoms with van der Waals surface area (Å²) in [4.78, 5) is 11.2. The monoisotopic (exact) mass is 285 g/mol. The topological polar surface area (TPSA) is 38.3 Å². The number of hydrogen-bond acceptors (Lipinski definition) is 4. The van der Waals surface area contributed by atoms with E-state index >= 15 is 0 Å². The van der Waals surface area contributed by atoms with Crippen LogP contribution in [0.3, 0.4) is 0 Å². The molecule has 0 heterocycles. The molecule has 1 atom stereocenters. The highest BCUT2D eigenvalue weighted by Crippen LogP contribution is 2.12. The summed E-state index contributed by atoms with van der Waals surface area (Å²) in [7, 11) is 1.24. The molecule has 5 heteroatoms. The Kier molecular flexibility index (Phi) is 6.87. The molecule has 1 aromatic rings. The van der Waals surface area contributed by atoms with Crippen molar-refractivity contribution in [1.82, 2.24) is 5.32 Å². The average molecular weight is 285 g/mol. The van der Waals surface area contributed by atoms with Crippen LogP contribution in [0.5, 0.6) is 0 Å². The summed E-state index contributed by atoms with van der Waals surface area (Å²) in [6.07, 6.45) is 2.08. The molecule has 1 rings (SSSR count). The highest BCUT2D eigenvalue weighted by molar-refractivity contribution is 7.98. The van der Waals surface area contributed by atoms with Gasteiger partial charge in [0.05, 0.1) is 12.7 Å². The van der Waals surface area contributed by atoms with Crippen molar-refractivity contribution in [3.63, 3.8) is 0 Å². The second kappa shape index (κ2) is 8.17. The standard InChI is InChI=1S/C14H20FNO2S/c1-10(9-19-3)7-16-8-11-4-5-12(13(15)6-11)14(17)18-2/h4-6,10,16H,7-9H2,1-3H3. The van der Waals surface area contributed by atoms with E-state index < -0.39 is 11.8 Å². The highest BCUT2D eigenvalue weighted by atomic mass is 32.2. The van der Waals surface area contributed by atoms with Crippen molar-refractivity contribution in [1.29, 1.82) is 0 Å². The lowest BCUT2D eigenvalue weighted by Gasteiger charge is -2.11. The molecule has 0 aromatic heterocycles. The Morgan fingerprint density at radius 2 is 2.26 bits per heavy atom. The fourth-order valence-corrected chi connectivity index (χ4v) is 2.44. The van der Waals surface area contributed by atoms with Crippen LogP contribution in [0.15, 0.2) is 18.2 Å². The van der Waals surface area contributed by atoms with Crippen molar-refractivity contribution in [2.75, 3.05) is 25.7 Å². The molecule has 0 aliphatic rings. The van der Waals surface area contributed by atoms with Gasteiger partial charge in [0.15, 0.2) is 0 Å². The Morgan fingerprint density at radius 1 is 1.53 bits per heavy atom. The summed E-state index contributed by atoms with van der Waals surface area (Å²) in [5.41, 5.74) is 0.795. The predicted octanol–water partition coefficient (Wildman–Crippen LogP) is 2.70. The van der Waals surface area contributed by atoms with Crippen molar-refractivity contribution in [2.24, 2.45) is 5.92 Å². The zero-order valence-electron chi connectivity index (χ0n) is 11.5. The molecule has 0 saturated heterocycles. The molecule has 19 heavy (non-hydrogen) atoms. The second-order valence-electron chi connectivity index (χ2n) is 4.50. The Morgan fingerprint density at radius 3 is 2.84 bits per heavy atom. The van der Waals surface area contributed by atoms with Gasteiger partial charge >= 0.3 is 5.97 Å². The SMILES string of the molecule is COC(=O)c1ccc(CNCC(C)CSC)cc1F. The maximum absolute atomic E-state index is 13.7. The van der Waals surface area contributed by atoms with Gasteiger partial charge < -0.3 is 10.1 Å². The Labute approximate surface area is 117 Å². The van der Waals surface area contributed by atoms with Crippen LogP contribution in [0, 0.1) is 11.7 Å². The zero-order valence-corrected chi connectivity index (χ0v) is 12.3. The van der Waals surface area contributed by atoms with Crippen molar-refractivity contribution in [3.8, 4) is 0 Å². The number of carbonyl (C=O) groups excluding carboxylic acids is 1. The van der Waals surface area contributed by atoms with E-state index in [-0.39, 0.29) is 5.56 Å². The molecule has 0 radical (unpaired) electrons. The molecule has 0 spiro atoms. The summed E-state index contributed by atoms with van der Waals surface area (Å²) in [6.45, 7) is 3.66. The van der Waals surface area contributed by atoms with Gasteiger partial charge in [0.25, 0.3) is 0 Å². The molecule has 0 aliphatic heterocycles. The van der Waals surface area contributed by atoms with Crippen LogP contribution in [0.4, 0.5) is 4.39 Å². The molecule has 0 saturated carbocycles. The number of esters is 1. The molecular formula is C14H20FNO2S. The molecule has 1 N–H and O–H groups in total. The minimum absolute atomic E-state index is 0.0259. The van der Waals surface area contributed by atoms with E-state index in [2.05, 4.69) is 23.2 Å². The first-order chi connectivity index (χ1) is 9.08. The summed E-state index contributed by atoms with van der Waals surface area (Å²) in [5, 5.41) is 3.28. The number of benzene rings is 1. The number of nitrogens with one attached hydrogen (secondary N) is 1. The van der Waals surface area contributed by atoms with E-state index in [1.807, 2.05) is 11.8 Å². The molecular weight excluding hydrogens is 265 g/mol. The number of thioether (sulfide) groups is 1. The van der Waals surface area contributed by atoms with Crippen LogP contribution in [0.1, 0.15) is 22.8 Å². The van der Waals surface area contributed by atoms with Gasteiger partial charge in [-0.05, 0) is 42.2 Å². The van der Waals surface area contributed by atoms with Gasteiger partial charge in [-0.1, -0.05) is 13.0 Å². The van der Waals surface area contributed by atoms with Crippen molar-refractivity contribution in [3.05, 3.63) is 35.1 Å². The summed E-state index contributed by atoms with van der Waals surface area (Å²) in [6, 6.07) is 4.57. The third-order valence-corrected chi connectivity index (χ3v) is 3.61. The molecule has 0 bridgehead atoms. The van der Waals surface area contributed by atoms with Gasteiger partial charge in [0.2, 0.25) is 0 Å². The van der Waals surface area contributed by atoms with Crippen LogP contribution < -0.4 is 5.32 Å². The first kappa shape index (κ1) is 16.0. The fraction of sp³-hybridized carbons (Fsp3) is 0.500. The smallest absolute Gasteiger partial charge is 0.340 e. The summed E-state index contributed by atoms with van der Waals surface area (Å²) in [5.74, 6) is 0.492. The molecule has 1 aromatic carbocycles. The van der Waals surface area contributed by atoms with E-state index in [9.17, 15) is 9.18 Å². The van der Waals surface area contributed by atoms with Crippen LogP contribution in [-0.4, -0.2) is 31.6 Å². The number of methoxy groups -OCH3 is 1. The van der Waals surface area contributed by atoms with Crippen LogP contribution in [0.2, 0.25) is 0 Å². The van der Waals surface area contributed by atoms with Gasteiger partial charge in [-0.25, -0.2) is 9.18 Å². The number of ether oxygens (including phenoxy) is 1. The van der Waals surface area contributed by atoms with Crippen LogP contribution in [0.25, 0.3) is 0 Å². The predicted molar refractivity (Wildman–Crippen MR) is 77.0 cm³/mol. The number of halogens is 1. The van der Waals surface area contributed by atoms with Gasteiger partial charge in [-0.3, -0.25) is 0 Å². The van der Waals surface area contributed by atoms with Gasteiger partial charge in [-0.2, -0.15) is 11.8 Å². The number of carbonyl (C=O) groups is 1. The maximum atomic E-state index is 13.7. The van der Waals surface area contributed by atoms with Gasteiger partial charge in [0.1, 0.15) is 5.82 Å². The number of hydrogen-bond donors (Lipinski definition) is 1. The maximum Gasteiger partial charge on any atom is 0.340 e. The van der Waals surface area contributed by atoms with Crippen LogP contribution in [-0.2, 0) is 11.3 Å². The van der Waals surface area contributed by atoms with Crippen LogP contribution >= 0.6 is 11.8 Å². The van der Waals surface area contributed by atoms with Crippen molar-refractivity contribution in [2.45, 2.75) is 13.5 Å². The largest absolute Gasteiger partial charge is 0.465 e. The third-order valence-electron chi connectivity index (χ3n) is 2.71. The molecule has 1 unspecified atom stereocenters. The van der Waals surface area contributed by atoms with Crippen molar-refractivity contribution >= 4 is 17.7 Å². The zero-order chi connectivity index (χ0) is 14.3. The normalized spacial score (nSPS) is 12.2. The van der Waals surface area contributed by atoms with E-state index in [1.54, 1.807) is 6.07 Å². The Bertz CT molecular complexity index is 426. The fourth-order valence-electron chi connectivity index (χ4n) is 1.75. The minimum atomic E-state index is -0.648. The summed E-state index contributed by atoms with van der Waals surface area (Å²) >= 11 is 1.81. The Hall–Kier alpha value is -1.07. The summed E-state index contributed by atoms with van der Waals surface area (Å²) < 4.78 is 18.2.